The average molecular weight is 402 g/mol. The maximum Gasteiger partial charge on any atom is 0.243 e. The monoisotopic (exact) mass is 402 g/mol. The van der Waals surface area contributed by atoms with Crippen molar-refractivity contribution in [1.29, 1.82) is 0 Å². The second-order valence-corrected chi connectivity index (χ2v) is 10.6. The largest absolute Gasteiger partial charge is 0.379 e. The zero-order valence-corrected chi connectivity index (χ0v) is 15.9. The zero-order chi connectivity index (χ0) is 18.8. The minimum Gasteiger partial charge on any atom is -0.379 e. The summed E-state index contributed by atoms with van der Waals surface area (Å²) in [6.07, 6.45) is 0.506. The van der Waals surface area contributed by atoms with Crippen molar-refractivity contribution < 1.29 is 26.4 Å². The fourth-order valence-corrected chi connectivity index (χ4v) is 6.16. The molecule has 0 amide bonds. The van der Waals surface area contributed by atoms with Gasteiger partial charge in [-0.05, 0) is 18.6 Å². The molecule has 2 saturated heterocycles. The Morgan fingerprint density at radius 2 is 1.85 bits per heavy atom. The van der Waals surface area contributed by atoms with E-state index in [1.54, 1.807) is 0 Å². The first-order valence-corrected chi connectivity index (χ1v) is 11.7. The molecular formula is C16H22N2O6S2. The predicted molar refractivity (Wildman–Crippen MR) is 95.4 cm³/mol. The number of benzene rings is 1. The van der Waals surface area contributed by atoms with Gasteiger partial charge in [0.15, 0.2) is 15.6 Å². The van der Waals surface area contributed by atoms with Crippen LogP contribution in [0, 0.1) is 0 Å². The fourth-order valence-electron chi connectivity index (χ4n) is 3.04. The van der Waals surface area contributed by atoms with Gasteiger partial charge >= 0.3 is 0 Å². The summed E-state index contributed by atoms with van der Waals surface area (Å²) < 4.78 is 54.5. The lowest BCUT2D eigenvalue weighted by atomic mass is 10.1. The summed E-state index contributed by atoms with van der Waals surface area (Å²) in [6.45, 7) is 1.40. The average Bonchev–Trinajstić information content (AvgIpc) is 2.99. The fraction of sp³-hybridized carbons (Fsp3) is 0.562. The molecule has 0 bridgehead atoms. The van der Waals surface area contributed by atoms with Gasteiger partial charge in [-0.25, -0.2) is 16.8 Å². The van der Waals surface area contributed by atoms with E-state index in [9.17, 15) is 21.6 Å². The summed E-state index contributed by atoms with van der Waals surface area (Å²) in [7, 11) is -6.58. The molecule has 1 aromatic carbocycles. The van der Waals surface area contributed by atoms with Crippen molar-refractivity contribution in [2.24, 2.45) is 0 Å². The Balaban J connectivity index is 1.61. The van der Waals surface area contributed by atoms with Crippen molar-refractivity contribution in [3.63, 3.8) is 0 Å². The Morgan fingerprint density at radius 3 is 2.42 bits per heavy atom. The molecule has 1 atom stereocenters. The van der Waals surface area contributed by atoms with Crippen LogP contribution in [0.5, 0.6) is 0 Å². The molecule has 26 heavy (non-hydrogen) atoms. The van der Waals surface area contributed by atoms with Crippen LogP contribution in [0.3, 0.4) is 0 Å². The van der Waals surface area contributed by atoms with E-state index in [1.807, 2.05) is 0 Å². The van der Waals surface area contributed by atoms with Gasteiger partial charge in [0.1, 0.15) is 0 Å². The van der Waals surface area contributed by atoms with Crippen LogP contribution in [-0.2, 0) is 24.6 Å². The van der Waals surface area contributed by atoms with E-state index >= 15 is 0 Å². The van der Waals surface area contributed by atoms with Crippen molar-refractivity contribution in [2.45, 2.75) is 17.4 Å². The van der Waals surface area contributed by atoms with Gasteiger partial charge in [-0.1, -0.05) is 12.1 Å². The second kappa shape index (κ2) is 7.73. The van der Waals surface area contributed by atoms with E-state index in [0.717, 1.165) is 0 Å². The SMILES string of the molecule is O=C(CNC1CCS(=O)(=O)C1)c1ccc(S(=O)(=O)N2CCOCC2)cc1. The van der Waals surface area contributed by atoms with Gasteiger partial charge in [0.2, 0.25) is 10.0 Å². The minimum atomic E-state index is -3.58. The molecule has 0 spiro atoms. The lowest BCUT2D eigenvalue weighted by molar-refractivity contribution is 0.0730. The van der Waals surface area contributed by atoms with Crippen LogP contribution >= 0.6 is 0 Å². The van der Waals surface area contributed by atoms with Crippen molar-refractivity contribution in [2.75, 3.05) is 44.4 Å². The lowest BCUT2D eigenvalue weighted by Crippen LogP contribution is -2.40. The third kappa shape index (κ3) is 4.49. The van der Waals surface area contributed by atoms with Crippen LogP contribution in [0.25, 0.3) is 0 Å². The number of Topliss-reactive ketones (excluding diaryl/α,β-unsaturated/α-hetero) is 1. The number of rotatable bonds is 6. The van der Waals surface area contributed by atoms with Gasteiger partial charge in [-0.15, -0.1) is 0 Å². The number of hydrogen-bond donors (Lipinski definition) is 1. The Labute approximate surface area is 153 Å². The molecule has 2 aliphatic heterocycles. The number of morpholine rings is 1. The van der Waals surface area contributed by atoms with Crippen LogP contribution < -0.4 is 5.32 Å². The van der Waals surface area contributed by atoms with E-state index < -0.39 is 19.9 Å². The molecule has 0 aromatic heterocycles. The van der Waals surface area contributed by atoms with E-state index in [0.29, 0.717) is 38.3 Å². The first-order valence-electron chi connectivity index (χ1n) is 8.43. The number of sulfonamides is 1. The van der Waals surface area contributed by atoms with E-state index in [1.165, 1.54) is 28.6 Å². The van der Waals surface area contributed by atoms with E-state index in [4.69, 9.17) is 4.74 Å². The molecule has 2 aliphatic rings. The van der Waals surface area contributed by atoms with E-state index in [-0.39, 0.29) is 34.8 Å². The Kier molecular flexibility index (Phi) is 5.78. The lowest BCUT2D eigenvalue weighted by Gasteiger charge is -2.26. The number of sulfone groups is 1. The van der Waals surface area contributed by atoms with E-state index in [2.05, 4.69) is 5.32 Å². The molecule has 3 rings (SSSR count). The third-order valence-electron chi connectivity index (χ3n) is 4.57. The summed E-state index contributed by atoms with van der Waals surface area (Å²) in [4.78, 5) is 12.4. The maximum atomic E-state index is 12.5. The quantitative estimate of drug-likeness (QED) is 0.649. The van der Waals surface area contributed by atoms with Crippen LogP contribution in [0.1, 0.15) is 16.8 Å². The predicted octanol–water partition coefficient (Wildman–Crippen LogP) is -0.333. The number of carbonyl (C=O) groups excluding carboxylic acids is 1. The summed E-state index contributed by atoms with van der Waals surface area (Å²) in [5, 5.41) is 2.96. The number of hydrogen-bond acceptors (Lipinski definition) is 7. The molecule has 0 saturated carbocycles. The molecule has 0 radical (unpaired) electrons. The third-order valence-corrected chi connectivity index (χ3v) is 8.25. The van der Waals surface area contributed by atoms with Crippen LogP contribution in [0.2, 0.25) is 0 Å². The highest BCUT2D eigenvalue weighted by molar-refractivity contribution is 7.91. The van der Waals surface area contributed by atoms with Gasteiger partial charge in [-0.3, -0.25) is 4.79 Å². The van der Waals surface area contributed by atoms with Crippen LogP contribution in [-0.4, -0.2) is 77.3 Å². The van der Waals surface area contributed by atoms with Crippen LogP contribution in [0.15, 0.2) is 29.2 Å². The Hall–Kier alpha value is -1.33. The molecule has 0 aliphatic carbocycles. The highest BCUT2D eigenvalue weighted by Crippen LogP contribution is 2.18. The molecule has 1 unspecified atom stereocenters. The molecule has 2 fully saturated rings. The first kappa shape index (κ1) is 19.4. The second-order valence-electron chi connectivity index (χ2n) is 6.44. The number of ketones is 1. The van der Waals surface area contributed by atoms with Gasteiger partial charge < -0.3 is 10.1 Å². The topological polar surface area (TPSA) is 110 Å². The number of carbonyl (C=O) groups is 1. The molecule has 10 heteroatoms. The van der Waals surface area contributed by atoms with Crippen molar-refractivity contribution in [3.05, 3.63) is 29.8 Å². The van der Waals surface area contributed by atoms with Gasteiger partial charge in [0, 0.05) is 24.7 Å². The summed E-state index contributed by atoms with van der Waals surface area (Å²) in [5.74, 6) is -0.00568. The molecule has 2 heterocycles. The molecule has 1 aromatic rings. The Bertz CT molecular complexity index is 859. The molecule has 1 N–H and O–H groups in total. The minimum absolute atomic E-state index is 0.0236. The zero-order valence-electron chi connectivity index (χ0n) is 14.3. The highest BCUT2D eigenvalue weighted by atomic mass is 32.2. The highest BCUT2D eigenvalue weighted by Gasteiger charge is 2.28. The van der Waals surface area contributed by atoms with Gasteiger partial charge in [-0.2, -0.15) is 4.31 Å². The smallest absolute Gasteiger partial charge is 0.243 e. The van der Waals surface area contributed by atoms with Crippen molar-refractivity contribution in [1.82, 2.24) is 9.62 Å². The molecule has 144 valence electrons. The first-order chi connectivity index (χ1) is 12.3. The van der Waals surface area contributed by atoms with Crippen molar-refractivity contribution >= 4 is 25.6 Å². The van der Waals surface area contributed by atoms with Gasteiger partial charge in [0.25, 0.3) is 0 Å². The number of ether oxygens (including phenoxy) is 1. The standard InChI is InChI=1S/C16H22N2O6S2/c19-16(11-17-14-5-10-25(20,21)12-14)13-1-3-15(4-2-13)26(22,23)18-6-8-24-9-7-18/h1-4,14,17H,5-12H2. The summed E-state index contributed by atoms with van der Waals surface area (Å²) in [5.41, 5.74) is 0.388. The maximum absolute atomic E-state index is 12.5. The molecular weight excluding hydrogens is 380 g/mol. The van der Waals surface area contributed by atoms with Gasteiger partial charge in [0.05, 0.1) is 36.2 Å². The number of nitrogens with one attached hydrogen (secondary N) is 1. The molecule has 8 nitrogen and oxygen atoms in total. The normalized spacial score (nSPS) is 23.8. The summed E-state index contributed by atoms with van der Waals surface area (Å²) in [6, 6.07) is 5.63. The number of nitrogens with zero attached hydrogens (tertiary/aromatic N) is 1. The van der Waals surface area contributed by atoms with Crippen molar-refractivity contribution in [3.8, 4) is 0 Å². The summed E-state index contributed by atoms with van der Waals surface area (Å²) >= 11 is 0. The Morgan fingerprint density at radius 1 is 1.19 bits per heavy atom. The van der Waals surface area contributed by atoms with Crippen LogP contribution in [0.4, 0.5) is 0 Å².